The Bertz CT molecular complexity index is 706. The summed E-state index contributed by atoms with van der Waals surface area (Å²) in [5.41, 5.74) is -0.837. The van der Waals surface area contributed by atoms with Gasteiger partial charge in [0.05, 0.1) is 11.1 Å². The fraction of sp³-hybridized carbons (Fsp3) is 0.0714. The zero-order chi connectivity index (χ0) is 14.3. The van der Waals surface area contributed by atoms with E-state index < -0.39 is 23.0 Å². The molecule has 1 unspecified atom stereocenters. The number of esters is 1. The number of hydrogen-bond donors (Lipinski definition) is 0. The summed E-state index contributed by atoms with van der Waals surface area (Å²) in [6, 6.07) is 9.45. The number of halogens is 3. The van der Waals surface area contributed by atoms with Gasteiger partial charge in [-0.25, -0.2) is 13.6 Å². The summed E-state index contributed by atoms with van der Waals surface area (Å²) in [4.78, 5) is 12.5. The first-order valence-corrected chi connectivity index (χ1v) is 7.35. The molecule has 20 heavy (non-hydrogen) atoms. The van der Waals surface area contributed by atoms with Crippen molar-refractivity contribution in [3.8, 4) is 0 Å². The van der Waals surface area contributed by atoms with Gasteiger partial charge in [-0.1, -0.05) is 23.9 Å². The fourth-order valence-corrected chi connectivity index (χ4v) is 3.55. The van der Waals surface area contributed by atoms with Crippen LogP contribution in [0.2, 0.25) is 0 Å². The molecule has 0 bridgehead atoms. The molecule has 0 saturated carbocycles. The number of carbonyl (C=O) groups excluding carboxylic acids is 1. The van der Waals surface area contributed by atoms with Crippen LogP contribution in [0.5, 0.6) is 0 Å². The Kier molecular flexibility index (Phi) is 3.52. The first-order valence-electron chi connectivity index (χ1n) is 5.68. The maximum Gasteiger partial charge on any atom is 0.340 e. The Morgan fingerprint density at radius 3 is 2.65 bits per heavy atom. The zero-order valence-corrected chi connectivity index (χ0v) is 12.3. The second-order valence-corrected chi connectivity index (χ2v) is 6.07. The fourth-order valence-electron chi connectivity index (χ4n) is 1.93. The van der Waals surface area contributed by atoms with E-state index in [1.807, 2.05) is 18.2 Å². The highest BCUT2D eigenvalue weighted by molar-refractivity contribution is 9.10. The number of ether oxygens (including phenoxy) is 1. The van der Waals surface area contributed by atoms with Crippen molar-refractivity contribution >= 4 is 33.7 Å². The van der Waals surface area contributed by atoms with Crippen LogP contribution >= 0.6 is 27.7 Å². The quantitative estimate of drug-likeness (QED) is 0.730. The van der Waals surface area contributed by atoms with Crippen molar-refractivity contribution in [1.29, 1.82) is 0 Å². The lowest BCUT2D eigenvalue weighted by atomic mass is 10.1. The van der Waals surface area contributed by atoms with Gasteiger partial charge < -0.3 is 4.74 Å². The van der Waals surface area contributed by atoms with Gasteiger partial charge in [-0.05, 0) is 40.2 Å². The van der Waals surface area contributed by atoms with Gasteiger partial charge in [-0.3, -0.25) is 0 Å². The van der Waals surface area contributed by atoms with Crippen LogP contribution in [-0.2, 0) is 4.74 Å². The molecule has 2 nitrogen and oxygen atoms in total. The lowest BCUT2D eigenvalue weighted by Gasteiger charge is -2.12. The van der Waals surface area contributed by atoms with E-state index in [9.17, 15) is 13.6 Å². The van der Waals surface area contributed by atoms with E-state index in [-0.39, 0.29) is 11.1 Å². The van der Waals surface area contributed by atoms with Crippen molar-refractivity contribution in [3.63, 3.8) is 0 Å². The summed E-state index contributed by atoms with van der Waals surface area (Å²) < 4.78 is 33.1. The molecule has 6 heteroatoms. The van der Waals surface area contributed by atoms with Gasteiger partial charge in [-0.15, -0.1) is 0 Å². The standard InChI is InChI=1S/C14H7BrF2O2S/c15-8-3-1-2-4-10(8)20-14-11-7(13(18)19-14)5-6-9(16)12(11)17/h1-6,14H. The van der Waals surface area contributed by atoms with E-state index in [0.717, 1.165) is 27.2 Å². The van der Waals surface area contributed by atoms with Crippen LogP contribution in [-0.4, -0.2) is 5.97 Å². The summed E-state index contributed by atoms with van der Waals surface area (Å²) in [6.45, 7) is 0. The Labute approximate surface area is 126 Å². The van der Waals surface area contributed by atoms with Gasteiger partial charge in [0.15, 0.2) is 17.1 Å². The largest absolute Gasteiger partial charge is 0.442 e. The third-order valence-corrected chi connectivity index (χ3v) is 4.98. The molecule has 1 aliphatic heterocycles. The Morgan fingerprint density at radius 1 is 1.15 bits per heavy atom. The normalized spacial score (nSPS) is 16.9. The van der Waals surface area contributed by atoms with Crippen LogP contribution in [0.15, 0.2) is 45.8 Å². The predicted molar refractivity (Wildman–Crippen MR) is 74.5 cm³/mol. The maximum absolute atomic E-state index is 13.9. The summed E-state index contributed by atoms with van der Waals surface area (Å²) in [7, 11) is 0. The van der Waals surface area contributed by atoms with Crippen molar-refractivity contribution in [2.45, 2.75) is 10.3 Å². The molecular weight excluding hydrogens is 350 g/mol. The minimum Gasteiger partial charge on any atom is -0.442 e. The molecule has 0 radical (unpaired) electrons. The molecule has 0 aliphatic carbocycles. The molecule has 0 fully saturated rings. The second-order valence-electron chi connectivity index (χ2n) is 4.11. The summed E-state index contributed by atoms with van der Waals surface area (Å²) in [5.74, 6) is -2.65. The SMILES string of the molecule is O=C1OC(Sc2ccccc2Br)c2c1ccc(F)c2F. The van der Waals surface area contributed by atoms with E-state index in [1.54, 1.807) is 6.07 Å². The maximum atomic E-state index is 13.9. The lowest BCUT2D eigenvalue weighted by Crippen LogP contribution is -1.97. The van der Waals surface area contributed by atoms with Gasteiger partial charge in [0.2, 0.25) is 0 Å². The minimum atomic E-state index is -1.03. The van der Waals surface area contributed by atoms with E-state index in [0.29, 0.717) is 0 Å². The first-order chi connectivity index (χ1) is 9.58. The van der Waals surface area contributed by atoms with Gasteiger partial charge in [0.25, 0.3) is 0 Å². The molecule has 2 aromatic carbocycles. The third kappa shape index (κ3) is 2.23. The van der Waals surface area contributed by atoms with Crippen LogP contribution in [0.25, 0.3) is 0 Å². The van der Waals surface area contributed by atoms with Gasteiger partial charge >= 0.3 is 5.97 Å². The number of benzene rings is 2. The van der Waals surface area contributed by atoms with E-state index in [2.05, 4.69) is 15.9 Å². The van der Waals surface area contributed by atoms with E-state index in [1.165, 1.54) is 6.07 Å². The molecule has 1 aliphatic rings. The van der Waals surface area contributed by atoms with Gasteiger partial charge in [0, 0.05) is 9.37 Å². The highest BCUT2D eigenvalue weighted by atomic mass is 79.9. The number of cyclic esters (lactones) is 1. The van der Waals surface area contributed by atoms with Crippen LogP contribution in [0, 0.1) is 11.6 Å². The molecule has 3 rings (SSSR count). The monoisotopic (exact) mass is 356 g/mol. The minimum absolute atomic E-state index is 0.0317. The van der Waals surface area contributed by atoms with Gasteiger partial charge in [0.1, 0.15) is 0 Å². The average Bonchev–Trinajstić information content (AvgIpc) is 2.74. The number of thioether (sulfide) groups is 1. The highest BCUT2D eigenvalue weighted by Gasteiger charge is 2.36. The highest BCUT2D eigenvalue weighted by Crippen LogP contribution is 2.45. The Hall–Kier alpha value is -1.40. The topological polar surface area (TPSA) is 26.3 Å². The van der Waals surface area contributed by atoms with E-state index in [4.69, 9.17) is 4.74 Å². The molecule has 102 valence electrons. The van der Waals surface area contributed by atoms with Crippen molar-refractivity contribution in [3.05, 3.63) is 63.6 Å². The molecule has 0 N–H and O–H groups in total. The number of fused-ring (bicyclic) bond motifs is 1. The van der Waals surface area contributed by atoms with Crippen LogP contribution in [0.1, 0.15) is 21.4 Å². The summed E-state index contributed by atoms with van der Waals surface area (Å²) in [6.07, 6.45) is 0. The molecule has 0 spiro atoms. The average molecular weight is 357 g/mol. The van der Waals surface area contributed by atoms with Crippen molar-refractivity contribution in [1.82, 2.24) is 0 Å². The molecule has 0 aromatic heterocycles. The molecule has 0 saturated heterocycles. The number of hydrogen-bond acceptors (Lipinski definition) is 3. The first kappa shape index (κ1) is 13.6. The summed E-state index contributed by atoms with van der Waals surface area (Å²) in [5, 5.41) is 0. The predicted octanol–water partition coefficient (Wildman–Crippen LogP) is 4.69. The smallest absolute Gasteiger partial charge is 0.340 e. The molecule has 1 atom stereocenters. The van der Waals surface area contributed by atoms with Crippen LogP contribution < -0.4 is 0 Å². The third-order valence-electron chi connectivity index (χ3n) is 2.87. The van der Waals surface area contributed by atoms with E-state index >= 15 is 0 Å². The molecule has 0 amide bonds. The van der Waals surface area contributed by atoms with Crippen LogP contribution in [0.4, 0.5) is 8.78 Å². The van der Waals surface area contributed by atoms with Crippen LogP contribution in [0.3, 0.4) is 0 Å². The van der Waals surface area contributed by atoms with Crippen molar-refractivity contribution < 1.29 is 18.3 Å². The Morgan fingerprint density at radius 2 is 1.90 bits per heavy atom. The second kappa shape index (κ2) is 5.18. The van der Waals surface area contributed by atoms with Crippen molar-refractivity contribution in [2.24, 2.45) is 0 Å². The zero-order valence-electron chi connectivity index (χ0n) is 9.90. The molecule has 2 aromatic rings. The summed E-state index contributed by atoms with van der Waals surface area (Å²) >= 11 is 4.51. The molecule has 1 heterocycles. The van der Waals surface area contributed by atoms with Gasteiger partial charge in [-0.2, -0.15) is 0 Å². The number of carbonyl (C=O) groups is 1. The Balaban J connectivity index is 2.01. The number of rotatable bonds is 2. The van der Waals surface area contributed by atoms with Crippen molar-refractivity contribution in [2.75, 3.05) is 0 Å². The molecular formula is C14H7BrF2O2S. The lowest BCUT2D eigenvalue weighted by molar-refractivity contribution is 0.0520.